The molecule has 1 saturated carbocycles. The molecule has 1 N–H and O–H groups in total. The summed E-state index contributed by atoms with van der Waals surface area (Å²) in [5.41, 5.74) is 0.808. The Kier molecular flexibility index (Phi) is 5.35. The number of hydrogen-bond donors (Lipinski definition) is 1. The molecule has 1 aliphatic carbocycles. The fourth-order valence-electron chi connectivity index (χ4n) is 2.96. The van der Waals surface area contributed by atoms with Gasteiger partial charge in [-0.1, -0.05) is 41.7 Å². The molecule has 2 amide bonds. The van der Waals surface area contributed by atoms with E-state index < -0.39 is 0 Å². The number of urea groups is 1. The average molecular weight is 349 g/mol. The van der Waals surface area contributed by atoms with Crippen molar-refractivity contribution >= 4 is 17.6 Å². The first kappa shape index (κ1) is 16.8. The van der Waals surface area contributed by atoms with Crippen LogP contribution in [0.3, 0.4) is 0 Å². The molecule has 1 fully saturated rings. The Bertz CT molecular complexity index is 697. The van der Waals surface area contributed by atoms with E-state index in [0.717, 1.165) is 18.4 Å². The summed E-state index contributed by atoms with van der Waals surface area (Å²) >= 11 is 5.97. The number of hydrogen-bond acceptors (Lipinski definition) is 4. The Labute approximate surface area is 146 Å². The topological polar surface area (TPSA) is 71.3 Å². The normalized spacial score (nSPS) is 14.8. The second kappa shape index (κ2) is 7.66. The fourth-order valence-corrected chi connectivity index (χ4v) is 3.15. The summed E-state index contributed by atoms with van der Waals surface area (Å²) in [4.78, 5) is 18.3. The zero-order chi connectivity index (χ0) is 16.9. The van der Waals surface area contributed by atoms with Gasteiger partial charge in [-0.3, -0.25) is 0 Å². The highest BCUT2D eigenvalue weighted by molar-refractivity contribution is 6.30. The van der Waals surface area contributed by atoms with Crippen LogP contribution < -0.4 is 5.32 Å². The van der Waals surface area contributed by atoms with Crippen molar-refractivity contribution < 1.29 is 9.32 Å². The number of amides is 2. The van der Waals surface area contributed by atoms with Crippen LogP contribution in [-0.2, 0) is 6.42 Å². The van der Waals surface area contributed by atoms with Gasteiger partial charge in [-0.2, -0.15) is 4.98 Å². The lowest BCUT2D eigenvalue weighted by Crippen LogP contribution is -2.43. The van der Waals surface area contributed by atoms with Crippen molar-refractivity contribution in [3.05, 3.63) is 35.2 Å². The van der Waals surface area contributed by atoms with E-state index in [1.807, 2.05) is 19.2 Å². The molecule has 0 saturated heterocycles. The van der Waals surface area contributed by atoms with E-state index in [-0.39, 0.29) is 6.03 Å². The summed E-state index contributed by atoms with van der Waals surface area (Å²) in [5, 5.41) is 7.49. The maximum Gasteiger partial charge on any atom is 0.317 e. The van der Waals surface area contributed by atoms with Crippen molar-refractivity contribution in [1.29, 1.82) is 0 Å². The van der Waals surface area contributed by atoms with Crippen LogP contribution in [0.5, 0.6) is 0 Å². The number of carbonyl (C=O) groups excluding carboxylic acids is 1. The largest absolute Gasteiger partial charge is 0.339 e. The predicted molar refractivity (Wildman–Crippen MR) is 91.9 cm³/mol. The van der Waals surface area contributed by atoms with Gasteiger partial charge in [-0.05, 0) is 25.0 Å². The number of nitrogens with one attached hydrogen (secondary N) is 1. The monoisotopic (exact) mass is 348 g/mol. The minimum Gasteiger partial charge on any atom is -0.339 e. The average Bonchev–Trinajstić information content (AvgIpc) is 3.26. The summed E-state index contributed by atoms with van der Waals surface area (Å²) in [7, 11) is 1.86. The van der Waals surface area contributed by atoms with E-state index in [2.05, 4.69) is 15.5 Å². The molecule has 1 aromatic heterocycles. The van der Waals surface area contributed by atoms with Crippen LogP contribution in [0.1, 0.15) is 31.6 Å². The Morgan fingerprint density at radius 3 is 2.96 bits per heavy atom. The van der Waals surface area contributed by atoms with Crippen LogP contribution in [0.4, 0.5) is 4.79 Å². The number of rotatable bonds is 5. The Hall–Kier alpha value is -2.08. The molecule has 1 heterocycles. The van der Waals surface area contributed by atoms with Crippen LogP contribution in [0.25, 0.3) is 11.4 Å². The second-order valence-corrected chi connectivity index (χ2v) is 6.49. The lowest BCUT2D eigenvalue weighted by molar-refractivity contribution is 0.191. The molecule has 1 aromatic carbocycles. The van der Waals surface area contributed by atoms with Crippen molar-refractivity contribution in [3.8, 4) is 11.4 Å². The van der Waals surface area contributed by atoms with E-state index in [1.54, 1.807) is 17.0 Å². The van der Waals surface area contributed by atoms with Crippen LogP contribution in [0, 0.1) is 0 Å². The van der Waals surface area contributed by atoms with Gasteiger partial charge in [-0.25, -0.2) is 4.79 Å². The molecule has 0 spiro atoms. The summed E-state index contributed by atoms with van der Waals surface area (Å²) in [6.07, 6.45) is 5.10. The van der Waals surface area contributed by atoms with E-state index >= 15 is 0 Å². The Morgan fingerprint density at radius 2 is 2.21 bits per heavy atom. The van der Waals surface area contributed by atoms with Crippen LogP contribution in [0.2, 0.25) is 5.02 Å². The van der Waals surface area contributed by atoms with Crippen molar-refractivity contribution in [2.45, 2.75) is 38.1 Å². The number of halogens is 1. The summed E-state index contributed by atoms with van der Waals surface area (Å²) in [6.45, 7) is 0.465. The van der Waals surface area contributed by atoms with Gasteiger partial charge in [-0.15, -0.1) is 0 Å². The quantitative estimate of drug-likeness (QED) is 0.897. The number of aromatic nitrogens is 2. The molecule has 0 aliphatic heterocycles. The zero-order valence-corrected chi connectivity index (χ0v) is 14.4. The minimum atomic E-state index is -0.0449. The minimum absolute atomic E-state index is 0.0449. The molecule has 24 heavy (non-hydrogen) atoms. The first-order valence-electron chi connectivity index (χ1n) is 8.22. The Balaban J connectivity index is 1.49. The molecular formula is C17H21ClN4O2. The third-order valence-corrected chi connectivity index (χ3v) is 4.59. The molecule has 7 heteroatoms. The van der Waals surface area contributed by atoms with Crippen molar-refractivity contribution in [2.24, 2.45) is 0 Å². The first-order valence-corrected chi connectivity index (χ1v) is 8.60. The van der Waals surface area contributed by atoms with Crippen molar-refractivity contribution in [3.63, 3.8) is 0 Å². The third kappa shape index (κ3) is 4.06. The standard InChI is InChI=1S/C17H21ClN4O2/c1-22(14-7-2-3-8-14)17(23)19-10-9-15-20-16(21-24-15)12-5-4-6-13(18)11-12/h4-6,11,14H,2-3,7-10H2,1H3,(H,19,23). The molecule has 0 radical (unpaired) electrons. The molecule has 6 nitrogen and oxygen atoms in total. The van der Waals surface area contributed by atoms with Crippen LogP contribution in [0.15, 0.2) is 28.8 Å². The number of benzene rings is 1. The van der Waals surface area contributed by atoms with Crippen LogP contribution in [-0.4, -0.2) is 40.7 Å². The molecule has 0 atom stereocenters. The fraction of sp³-hybridized carbons (Fsp3) is 0.471. The van der Waals surface area contributed by atoms with Crippen molar-refractivity contribution in [2.75, 3.05) is 13.6 Å². The van der Waals surface area contributed by atoms with Gasteiger partial charge >= 0.3 is 6.03 Å². The lowest BCUT2D eigenvalue weighted by atomic mass is 10.2. The van der Waals surface area contributed by atoms with E-state index in [1.165, 1.54) is 12.8 Å². The second-order valence-electron chi connectivity index (χ2n) is 6.05. The molecule has 0 unspecified atom stereocenters. The Morgan fingerprint density at radius 1 is 1.42 bits per heavy atom. The first-order chi connectivity index (χ1) is 11.6. The molecular weight excluding hydrogens is 328 g/mol. The van der Waals surface area contributed by atoms with Gasteiger partial charge in [0.05, 0.1) is 0 Å². The lowest BCUT2D eigenvalue weighted by Gasteiger charge is -2.24. The highest BCUT2D eigenvalue weighted by Gasteiger charge is 2.23. The van der Waals surface area contributed by atoms with Gasteiger partial charge in [0, 0.05) is 36.6 Å². The van der Waals surface area contributed by atoms with Gasteiger partial charge in [0.25, 0.3) is 0 Å². The van der Waals surface area contributed by atoms with Gasteiger partial charge in [0.15, 0.2) is 0 Å². The van der Waals surface area contributed by atoms with Gasteiger partial charge in [0.2, 0.25) is 11.7 Å². The van der Waals surface area contributed by atoms with Crippen molar-refractivity contribution in [1.82, 2.24) is 20.4 Å². The van der Waals surface area contributed by atoms with Gasteiger partial charge in [0.1, 0.15) is 0 Å². The molecule has 0 bridgehead atoms. The summed E-state index contributed by atoms with van der Waals surface area (Å²) in [6, 6.07) is 7.61. The molecule has 1 aliphatic rings. The molecule has 2 aromatic rings. The molecule has 3 rings (SSSR count). The zero-order valence-electron chi connectivity index (χ0n) is 13.7. The van der Waals surface area contributed by atoms with E-state index in [9.17, 15) is 4.79 Å². The van der Waals surface area contributed by atoms with E-state index in [4.69, 9.17) is 16.1 Å². The third-order valence-electron chi connectivity index (χ3n) is 4.36. The van der Waals surface area contributed by atoms with Gasteiger partial charge < -0.3 is 14.7 Å². The van der Waals surface area contributed by atoms with E-state index in [0.29, 0.717) is 35.7 Å². The maximum absolute atomic E-state index is 12.1. The number of carbonyl (C=O) groups is 1. The highest BCUT2D eigenvalue weighted by Crippen LogP contribution is 2.22. The maximum atomic E-state index is 12.1. The predicted octanol–water partition coefficient (Wildman–Crippen LogP) is 3.52. The molecule has 128 valence electrons. The summed E-state index contributed by atoms with van der Waals surface area (Å²) in [5.74, 6) is 0.996. The van der Waals surface area contributed by atoms with Crippen LogP contribution >= 0.6 is 11.6 Å². The SMILES string of the molecule is CN(C(=O)NCCc1nc(-c2cccc(Cl)c2)no1)C1CCCC1. The summed E-state index contributed by atoms with van der Waals surface area (Å²) < 4.78 is 5.23. The smallest absolute Gasteiger partial charge is 0.317 e. The highest BCUT2D eigenvalue weighted by atomic mass is 35.5. The number of nitrogens with zero attached hydrogens (tertiary/aromatic N) is 3.